The molecule has 0 aromatic heterocycles. The van der Waals surface area contributed by atoms with E-state index < -0.39 is 24.9 Å². The van der Waals surface area contributed by atoms with Crippen molar-refractivity contribution in [3.63, 3.8) is 0 Å². The molecule has 18 heavy (non-hydrogen) atoms. The van der Waals surface area contributed by atoms with Crippen LogP contribution in [0.5, 0.6) is 0 Å². The first-order valence-corrected chi connectivity index (χ1v) is 9.11. The molecule has 0 amide bonds. The highest BCUT2D eigenvalue weighted by molar-refractivity contribution is 7.92. The van der Waals surface area contributed by atoms with Gasteiger partial charge in [0.05, 0.1) is 20.8 Å². The van der Waals surface area contributed by atoms with Crippen LogP contribution in [0.1, 0.15) is 13.8 Å². The van der Waals surface area contributed by atoms with Gasteiger partial charge in [-0.25, -0.2) is 16.8 Å². The van der Waals surface area contributed by atoms with Gasteiger partial charge in [0, 0.05) is 5.88 Å². The quantitative estimate of drug-likeness (QED) is 0.779. The molecule has 1 rings (SSSR count). The number of benzene rings is 1. The molecule has 0 aliphatic rings. The van der Waals surface area contributed by atoms with E-state index in [1.807, 2.05) is 0 Å². The normalized spacial score (nSPS) is 14.4. The molecule has 1 unspecified atom stereocenters. The fourth-order valence-corrected chi connectivity index (χ4v) is 3.85. The standard InChI is InChI=1S/C11H15ClO4S2/c1-3-17(13,14)10-4-6-11(7-5-10)18(15,16)9(2)8-12/h4-7,9H,3,8H2,1-2H3. The Labute approximate surface area is 113 Å². The Morgan fingerprint density at radius 3 is 1.89 bits per heavy atom. The van der Waals surface area contributed by atoms with Crippen molar-refractivity contribution in [2.24, 2.45) is 0 Å². The monoisotopic (exact) mass is 310 g/mol. The van der Waals surface area contributed by atoms with Gasteiger partial charge in [0.2, 0.25) is 0 Å². The zero-order valence-electron chi connectivity index (χ0n) is 10.1. The highest BCUT2D eigenvalue weighted by atomic mass is 35.5. The van der Waals surface area contributed by atoms with E-state index in [4.69, 9.17) is 11.6 Å². The Hall–Kier alpha value is -0.590. The molecule has 1 aromatic carbocycles. The SMILES string of the molecule is CCS(=O)(=O)c1ccc(S(=O)(=O)C(C)CCl)cc1. The third kappa shape index (κ3) is 3.05. The van der Waals surface area contributed by atoms with Crippen molar-refractivity contribution in [1.82, 2.24) is 0 Å². The molecule has 4 nitrogen and oxygen atoms in total. The van der Waals surface area contributed by atoms with E-state index in [-0.39, 0.29) is 21.4 Å². The summed E-state index contributed by atoms with van der Waals surface area (Å²) in [6.07, 6.45) is 0. The summed E-state index contributed by atoms with van der Waals surface area (Å²) in [6.45, 7) is 3.05. The predicted molar refractivity (Wildman–Crippen MR) is 71.5 cm³/mol. The lowest BCUT2D eigenvalue weighted by atomic mass is 10.4. The van der Waals surface area contributed by atoms with Crippen LogP contribution in [0.2, 0.25) is 0 Å². The van der Waals surface area contributed by atoms with Crippen LogP contribution in [0.25, 0.3) is 0 Å². The smallest absolute Gasteiger partial charge is 0.182 e. The molecule has 0 saturated heterocycles. The molecule has 0 heterocycles. The predicted octanol–water partition coefficient (Wildman–Crippen LogP) is 1.88. The number of hydrogen-bond acceptors (Lipinski definition) is 4. The minimum atomic E-state index is -3.48. The van der Waals surface area contributed by atoms with E-state index in [1.165, 1.54) is 38.1 Å². The molecule has 1 atom stereocenters. The molecule has 102 valence electrons. The van der Waals surface area contributed by atoms with Crippen molar-refractivity contribution in [2.75, 3.05) is 11.6 Å². The number of sulfone groups is 2. The summed E-state index contributed by atoms with van der Waals surface area (Å²) in [6, 6.07) is 5.24. The van der Waals surface area contributed by atoms with Gasteiger partial charge in [0.25, 0.3) is 0 Å². The van der Waals surface area contributed by atoms with Gasteiger partial charge in [-0.05, 0) is 31.2 Å². The van der Waals surface area contributed by atoms with Gasteiger partial charge in [-0.2, -0.15) is 0 Å². The molecule has 0 aliphatic carbocycles. The van der Waals surface area contributed by atoms with Crippen LogP contribution in [-0.2, 0) is 19.7 Å². The molecule has 1 aromatic rings. The van der Waals surface area contributed by atoms with Crippen LogP contribution >= 0.6 is 11.6 Å². The first-order chi connectivity index (χ1) is 8.25. The molecule has 0 N–H and O–H groups in total. The van der Waals surface area contributed by atoms with Crippen molar-refractivity contribution < 1.29 is 16.8 Å². The van der Waals surface area contributed by atoms with Gasteiger partial charge in [-0.15, -0.1) is 11.6 Å². The van der Waals surface area contributed by atoms with Gasteiger partial charge in [0.15, 0.2) is 19.7 Å². The van der Waals surface area contributed by atoms with Crippen molar-refractivity contribution >= 4 is 31.3 Å². The summed E-state index contributed by atoms with van der Waals surface area (Å²) in [7, 11) is -6.79. The van der Waals surface area contributed by atoms with Crippen LogP contribution in [0, 0.1) is 0 Å². The maximum atomic E-state index is 12.0. The summed E-state index contributed by atoms with van der Waals surface area (Å²) >= 11 is 5.54. The lowest BCUT2D eigenvalue weighted by Crippen LogP contribution is -2.19. The Morgan fingerprint density at radius 1 is 1.06 bits per heavy atom. The second-order valence-corrected chi connectivity index (χ2v) is 8.84. The zero-order valence-corrected chi connectivity index (χ0v) is 12.5. The van der Waals surface area contributed by atoms with E-state index in [2.05, 4.69) is 0 Å². The summed E-state index contributed by atoms with van der Waals surface area (Å²) in [5.41, 5.74) is 0. The average molecular weight is 311 g/mol. The van der Waals surface area contributed by atoms with Crippen LogP contribution in [0.3, 0.4) is 0 Å². The zero-order chi connectivity index (χ0) is 14.0. The second kappa shape index (κ2) is 5.59. The summed E-state index contributed by atoms with van der Waals surface area (Å²) in [5, 5.41) is -0.701. The second-order valence-electron chi connectivity index (χ2n) is 3.88. The molecular weight excluding hydrogens is 296 g/mol. The van der Waals surface area contributed by atoms with Crippen LogP contribution in [0.15, 0.2) is 34.1 Å². The Kier molecular flexibility index (Phi) is 4.80. The molecule has 0 radical (unpaired) electrons. The molecule has 0 saturated carbocycles. The van der Waals surface area contributed by atoms with Crippen molar-refractivity contribution in [2.45, 2.75) is 28.9 Å². The van der Waals surface area contributed by atoms with E-state index in [0.717, 1.165) is 0 Å². The first kappa shape index (κ1) is 15.5. The first-order valence-electron chi connectivity index (χ1n) is 5.38. The van der Waals surface area contributed by atoms with Crippen LogP contribution < -0.4 is 0 Å². The van der Waals surface area contributed by atoms with Crippen LogP contribution in [0.4, 0.5) is 0 Å². The summed E-state index contributed by atoms with van der Waals surface area (Å²) in [5.74, 6) is -0.0193. The molecule has 0 bridgehead atoms. The van der Waals surface area contributed by atoms with E-state index in [1.54, 1.807) is 0 Å². The highest BCUT2D eigenvalue weighted by Crippen LogP contribution is 2.20. The summed E-state index contributed by atoms with van der Waals surface area (Å²) in [4.78, 5) is 0.216. The third-order valence-corrected chi connectivity index (χ3v) is 7.19. The highest BCUT2D eigenvalue weighted by Gasteiger charge is 2.23. The average Bonchev–Trinajstić information content (AvgIpc) is 2.37. The Balaban J connectivity index is 3.20. The number of rotatable bonds is 5. The topological polar surface area (TPSA) is 68.3 Å². The lowest BCUT2D eigenvalue weighted by molar-refractivity contribution is 0.586. The van der Waals surface area contributed by atoms with Gasteiger partial charge >= 0.3 is 0 Å². The number of alkyl halides is 1. The maximum Gasteiger partial charge on any atom is 0.182 e. The molecule has 0 spiro atoms. The minimum Gasteiger partial charge on any atom is -0.224 e. The molecule has 0 fully saturated rings. The number of hydrogen-bond donors (Lipinski definition) is 0. The van der Waals surface area contributed by atoms with Gasteiger partial charge < -0.3 is 0 Å². The molecule has 7 heteroatoms. The van der Waals surface area contributed by atoms with Gasteiger partial charge in [0.1, 0.15) is 0 Å². The van der Waals surface area contributed by atoms with Gasteiger partial charge in [-0.1, -0.05) is 6.92 Å². The van der Waals surface area contributed by atoms with E-state index in [9.17, 15) is 16.8 Å². The van der Waals surface area contributed by atoms with E-state index >= 15 is 0 Å². The fraction of sp³-hybridized carbons (Fsp3) is 0.455. The Morgan fingerprint density at radius 2 is 1.50 bits per heavy atom. The van der Waals surface area contributed by atoms with Crippen molar-refractivity contribution in [3.05, 3.63) is 24.3 Å². The van der Waals surface area contributed by atoms with E-state index in [0.29, 0.717) is 0 Å². The van der Waals surface area contributed by atoms with Crippen LogP contribution in [-0.4, -0.2) is 33.7 Å². The molecule has 0 aliphatic heterocycles. The summed E-state index contributed by atoms with van der Waals surface area (Å²) < 4.78 is 47.1. The Bertz CT molecular complexity index is 603. The van der Waals surface area contributed by atoms with Gasteiger partial charge in [-0.3, -0.25) is 0 Å². The van der Waals surface area contributed by atoms with Crippen molar-refractivity contribution in [1.29, 1.82) is 0 Å². The molecular formula is C11H15ClO4S2. The minimum absolute atomic E-state index is 0.00264. The third-order valence-electron chi connectivity index (χ3n) is 2.64. The fourth-order valence-electron chi connectivity index (χ4n) is 1.32. The lowest BCUT2D eigenvalue weighted by Gasteiger charge is -2.10. The number of halogens is 1. The van der Waals surface area contributed by atoms with Crippen molar-refractivity contribution in [3.8, 4) is 0 Å². The largest absolute Gasteiger partial charge is 0.224 e. The maximum absolute atomic E-state index is 12.0.